The summed E-state index contributed by atoms with van der Waals surface area (Å²) in [5, 5.41) is 9.07. The van der Waals surface area contributed by atoms with Crippen molar-refractivity contribution < 1.29 is 14.0 Å². The van der Waals surface area contributed by atoms with Crippen molar-refractivity contribution in [2.75, 3.05) is 0 Å². The average Bonchev–Trinajstić information content (AvgIpc) is 1.94. The van der Waals surface area contributed by atoms with Gasteiger partial charge in [0.2, 0.25) is 0 Å². The summed E-state index contributed by atoms with van der Waals surface area (Å²) in [6.07, 6.45) is 0.466. The first-order valence-electron chi connectivity index (χ1n) is 6.15. The van der Waals surface area contributed by atoms with E-state index in [1.165, 1.54) is 0 Å². The van der Waals surface area contributed by atoms with Crippen LogP contribution >= 0.6 is 0 Å². The van der Waals surface area contributed by atoms with Crippen LogP contribution in [0, 0.1) is 22.7 Å². The van der Waals surface area contributed by atoms with Gasteiger partial charge in [0.1, 0.15) is 0 Å². The summed E-state index contributed by atoms with van der Waals surface area (Å²) >= 11 is 0. The second-order valence-electron chi connectivity index (χ2n) is 5.33. The fourth-order valence-electron chi connectivity index (χ4n) is 2.42. The Balaban J connectivity index is 3.10. The zero-order valence-corrected chi connectivity index (χ0v) is 8.72. The largest absolute Gasteiger partial charge is 0.481 e. The van der Waals surface area contributed by atoms with Gasteiger partial charge in [-0.2, -0.15) is 0 Å². The molecule has 0 heterocycles. The Labute approximate surface area is 84.6 Å². The van der Waals surface area contributed by atoms with Crippen molar-refractivity contribution in [1.82, 2.24) is 0 Å². The topological polar surface area (TPSA) is 37.3 Å². The van der Waals surface area contributed by atoms with Crippen molar-refractivity contribution in [3.05, 3.63) is 0 Å². The minimum absolute atomic E-state index is 0.0754. The summed E-state index contributed by atoms with van der Waals surface area (Å²) in [7, 11) is 0. The van der Waals surface area contributed by atoms with Crippen LogP contribution in [0.25, 0.3) is 0 Å². The highest BCUT2D eigenvalue weighted by molar-refractivity contribution is 5.72. The first kappa shape index (κ1) is 6.86. The molecule has 1 N–H and O–H groups in total. The number of rotatable bonds is 1. The number of aliphatic carboxylic acids is 1. The smallest absolute Gasteiger partial charge is 0.307 e. The third kappa shape index (κ3) is 1.59. The molecule has 0 radical (unpaired) electrons. The normalized spacial score (nSPS) is 44.2. The van der Waals surface area contributed by atoms with Gasteiger partial charge >= 0.3 is 5.97 Å². The van der Waals surface area contributed by atoms with E-state index in [1.54, 1.807) is 6.92 Å². The maximum atomic E-state index is 11.1. The molecule has 0 bridgehead atoms. The van der Waals surface area contributed by atoms with Crippen LogP contribution in [0.2, 0.25) is 0 Å². The fraction of sp³-hybridized carbons (Fsp3) is 0.909. The molecule has 13 heavy (non-hydrogen) atoms. The van der Waals surface area contributed by atoms with Crippen molar-refractivity contribution in [2.45, 2.75) is 41.0 Å². The molecule has 76 valence electrons. The van der Waals surface area contributed by atoms with Crippen molar-refractivity contribution in [3.63, 3.8) is 0 Å². The minimum atomic E-state index is -2.22. The van der Waals surface area contributed by atoms with Crippen LogP contribution in [0.4, 0.5) is 0 Å². The van der Waals surface area contributed by atoms with Crippen LogP contribution in [0.15, 0.2) is 0 Å². The summed E-state index contributed by atoms with van der Waals surface area (Å²) in [5.74, 6) is -1.81. The number of carboxylic acids is 1. The van der Waals surface area contributed by atoms with Crippen LogP contribution in [0.5, 0.6) is 0 Å². The lowest BCUT2D eigenvalue weighted by molar-refractivity contribution is -0.166. The van der Waals surface area contributed by atoms with Gasteiger partial charge in [-0.05, 0) is 23.2 Å². The molecule has 1 saturated carbocycles. The summed E-state index contributed by atoms with van der Waals surface area (Å²) in [6.45, 7) is 5.30. The van der Waals surface area contributed by atoms with E-state index in [1.807, 2.05) is 20.8 Å². The van der Waals surface area contributed by atoms with Gasteiger partial charge in [0.15, 0.2) is 0 Å². The Morgan fingerprint density at radius 3 is 2.46 bits per heavy atom. The van der Waals surface area contributed by atoms with Gasteiger partial charge < -0.3 is 5.11 Å². The molecule has 1 aliphatic carbocycles. The van der Waals surface area contributed by atoms with Crippen molar-refractivity contribution in [1.29, 1.82) is 0 Å². The molecule has 0 amide bonds. The summed E-state index contributed by atoms with van der Waals surface area (Å²) in [4.78, 5) is 11.1. The number of carboxylic acid groups (broad SMARTS) is 1. The fourth-order valence-corrected chi connectivity index (χ4v) is 2.42. The molecule has 1 fully saturated rings. The van der Waals surface area contributed by atoms with Gasteiger partial charge in [0.25, 0.3) is 0 Å². The SMILES string of the molecule is [2H]C([2H])([2H])C1(C)C(C(=O)O)CC1C(C)(C)C. The van der Waals surface area contributed by atoms with Crippen LogP contribution < -0.4 is 0 Å². The van der Waals surface area contributed by atoms with Gasteiger partial charge in [-0.25, -0.2) is 0 Å². The Morgan fingerprint density at radius 1 is 1.62 bits per heavy atom. The van der Waals surface area contributed by atoms with E-state index in [9.17, 15) is 4.79 Å². The van der Waals surface area contributed by atoms with Crippen LogP contribution in [0.3, 0.4) is 0 Å². The quantitative estimate of drug-likeness (QED) is 0.685. The van der Waals surface area contributed by atoms with Gasteiger partial charge in [0, 0.05) is 4.11 Å². The highest BCUT2D eigenvalue weighted by atomic mass is 16.4. The summed E-state index contributed by atoms with van der Waals surface area (Å²) < 4.78 is 22.8. The van der Waals surface area contributed by atoms with Gasteiger partial charge in [0.05, 0.1) is 5.92 Å². The lowest BCUT2D eigenvalue weighted by Gasteiger charge is -2.56. The van der Waals surface area contributed by atoms with E-state index in [-0.39, 0.29) is 11.3 Å². The molecule has 0 spiro atoms. The highest BCUT2D eigenvalue weighted by Gasteiger charge is 2.55. The van der Waals surface area contributed by atoms with Crippen LogP contribution in [0.1, 0.15) is 45.1 Å². The predicted molar refractivity (Wildman–Crippen MR) is 52.5 cm³/mol. The molecule has 2 heteroatoms. The van der Waals surface area contributed by atoms with Crippen LogP contribution in [-0.2, 0) is 4.79 Å². The van der Waals surface area contributed by atoms with E-state index >= 15 is 0 Å². The minimum Gasteiger partial charge on any atom is -0.481 e. The predicted octanol–water partition coefficient (Wildman–Crippen LogP) is 2.78. The molecule has 2 nitrogen and oxygen atoms in total. The van der Waals surface area contributed by atoms with Gasteiger partial charge in [-0.15, -0.1) is 0 Å². The molecule has 3 unspecified atom stereocenters. The number of hydrogen-bond donors (Lipinski definition) is 1. The van der Waals surface area contributed by atoms with E-state index in [2.05, 4.69) is 0 Å². The van der Waals surface area contributed by atoms with Crippen LogP contribution in [-0.4, -0.2) is 11.1 Å². The molecule has 0 saturated heterocycles. The molecule has 0 aliphatic heterocycles. The molecule has 1 aliphatic rings. The zero-order chi connectivity index (χ0) is 12.9. The summed E-state index contributed by atoms with van der Waals surface area (Å²) in [5.41, 5.74) is -1.27. The van der Waals surface area contributed by atoms with Gasteiger partial charge in [-0.1, -0.05) is 34.5 Å². The molecular formula is C11H20O2. The maximum absolute atomic E-state index is 11.1. The lowest BCUT2D eigenvalue weighted by atomic mass is 9.48. The monoisotopic (exact) mass is 187 g/mol. The number of hydrogen-bond acceptors (Lipinski definition) is 1. The Morgan fingerprint density at radius 2 is 2.15 bits per heavy atom. The number of carbonyl (C=O) groups is 1. The molecule has 1 rings (SSSR count). The lowest BCUT2D eigenvalue weighted by Crippen LogP contribution is -2.53. The standard InChI is InChI=1S/C11H20O2/c1-10(2,3)8-6-7(9(12)13)11(8,4)5/h7-8H,6H2,1-5H3,(H,12,13)/i4D3. The maximum Gasteiger partial charge on any atom is 0.307 e. The Bertz CT molecular complexity index is 303. The Hall–Kier alpha value is -0.530. The first-order valence-corrected chi connectivity index (χ1v) is 4.65. The molecule has 3 atom stereocenters. The van der Waals surface area contributed by atoms with E-state index < -0.39 is 24.2 Å². The highest BCUT2D eigenvalue weighted by Crippen LogP contribution is 2.58. The molecule has 0 aromatic rings. The van der Waals surface area contributed by atoms with E-state index in [4.69, 9.17) is 9.22 Å². The zero-order valence-electron chi connectivity index (χ0n) is 11.7. The first-order chi connectivity index (χ1) is 6.92. The van der Waals surface area contributed by atoms with Crippen molar-refractivity contribution in [2.24, 2.45) is 22.7 Å². The van der Waals surface area contributed by atoms with Crippen molar-refractivity contribution >= 4 is 5.97 Å². The third-order valence-corrected chi connectivity index (χ3v) is 3.26. The van der Waals surface area contributed by atoms with Gasteiger partial charge in [-0.3, -0.25) is 4.79 Å². The molecule has 0 aromatic heterocycles. The second-order valence-corrected chi connectivity index (χ2v) is 5.33. The second kappa shape index (κ2) is 2.73. The Kier molecular flexibility index (Phi) is 1.44. The summed E-state index contributed by atoms with van der Waals surface area (Å²) in [6, 6.07) is 0. The van der Waals surface area contributed by atoms with Crippen molar-refractivity contribution in [3.8, 4) is 0 Å². The van der Waals surface area contributed by atoms with E-state index in [0.29, 0.717) is 6.42 Å². The molecule has 0 aromatic carbocycles. The molecular weight excluding hydrogens is 164 g/mol. The van der Waals surface area contributed by atoms with E-state index in [0.717, 1.165) is 0 Å². The third-order valence-electron chi connectivity index (χ3n) is 3.26. The average molecular weight is 187 g/mol.